The Kier molecular flexibility index (Phi) is 4.41. The molecule has 0 bridgehead atoms. The van der Waals surface area contributed by atoms with Crippen LogP contribution in [0.5, 0.6) is 0 Å². The molecule has 2 aromatic heterocycles. The van der Waals surface area contributed by atoms with E-state index in [0.717, 1.165) is 16.8 Å². The normalized spacial score (nSPS) is 11.1. The number of fused-ring (bicyclic) bond motifs is 1. The molecule has 0 unspecified atom stereocenters. The molecule has 0 amide bonds. The van der Waals surface area contributed by atoms with E-state index in [0.29, 0.717) is 17.5 Å². The minimum Gasteiger partial charge on any atom is -0.339 e. The van der Waals surface area contributed by atoms with E-state index >= 15 is 0 Å². The number of benzene rings is 2. The molecule has 2 heterocycles. The summed E-state index contributed by atoms with van der Waals surface area (Å²) in [4.78, 5) is 14.9. The van der Waals surface area contributed by atoms with Crippen molar-refractivity contribution in [3.63, 3.8) is 0 Å². The van der Waals surface area contributed by atoms with Crippen molar-refractivity contribution in [2.75, 3.05) is 11.9 Å². The van der Waals surface area contributed by atoms with E-state index in [1.807, 2.05) is 49.2 Å². The molecule has 0 saturated carbocycles. The Balaban J connectivity index is 1.76. The Hall–Kier alpha value is -3.12. The molecule has 0 fully saturated rings. The summed E-state index contributed by atoms with van der Waals surface area (Å²) in [5.41, 5.74) is 2.75. The zero-order chi connectivity index (χ0) is 19.0. The van der Waals surface area contributed by atoms with Crippen molar-refractivity contribution in [1.82, 2.24) is 19.2 Å². The molecular weight excluding hydrogens is 362 g/mol. The maximum atomic E-state index is 13.0. The molecule has 0 aliphatic carbocycles. The van der Waals surface area contributed by atoms with E-state index in [-0.39, 0.29) is 11.2 Å². The summed E-state index contributed by atoms with van der Waals surface area (Å²) in [7, 11) is 1.93. The first-order valence-corrected chi connectivity index (χ1v) is 8.91. The molecule has 0 aliphatic heterocycles. The summed E-state index contributed by atoms with van der Waals surface area (Å²) in [6.45, 7) is 2.55. The van der Waals surface area contributed by atoms with E-state index in [4.69, 9.17) is 11.6 Å². The molecule has 0 atom stereocenters. The SMILES string of the molecule is Cc1c(Cl)cccc1-n1ccn2c(N(C)Cc3ccccc3)nnc2c1=O. The molecule has 0 N–H and O–H groups in total. The summed E-state index contributed by atoms with van der Waals surface area (Å²) >= 11 is 6.20. The van der Waals surface area contributed by atoms with Gasteiger partial charge in [0.15, 0.2) is 0 Å². The third-order valence-corrected chi connectivity index (χ3v) is 4.96. The monoisotopic (exact) mass is 379 g/mol. The van der Waals surface area contributed by atoms with Crippen LogP contribution in [0.2, 0.25) is 5.02 Å². The highest BCUT2D eigenvalue weighted by molar-refractivity contribution is 6.31. The zero-order valence-electron chi connectivity index (χ0n) is 15.0. The number of hydrogen-bond acceptors (Lipinski definition) is 4. The summed E-state index contributed by atoms with van der Waals surface area (Å²) < 4.78 is 3.26. The number of rotatable bonds is 4. The van der Waals surface area contributed by atoms with Crippen LogP contribution in [-0.4, -0.2) is 26.2 Å². The van der Waals surface area contributed by atoms with E-state index < -0.39 is 0 Å². The molecular formula is C20H18ClN5O. The first kappa shape index (κ1) is 17.3. The fourth-order valence-corrected chi connectivity index (χ4v) is 3.28. The van der Waals surface area contributed by atoms with Crippen molar-refractivity contribution in [2.24, 2.45) is 0 Å². The van der Waals surface area contributed by atoms with Gasteiger partial charge in [-0.1, -0.05) is 48.0 Å². The standard InChI is InChI=1S/C20H18ClN5O/c1-14-16(21)9-6-10-17(14)25-11-12-26-18(19(25)27)22-23-20(26)24(2)13-15-7-4-3-5-8-15/h3-12H,13H2,1-2H3. The van der Waals surface area contributed by atoms with Crippen LogP contribution in [0.4, 0.5) is 5.95 Å². The van der Waals surface area contributed by atoms with E-state index in [1.54, 1.807) is 27.4 Å². The van der Waals surface area contributed by atoms with Crippen LogP contribution >= 0.6 is 11.6 Å². The number of aromatic nitrogens is 4. The Morgan fingerprint density at radius 2 is 1.81 bits per heavy atom. The first-order valence-electron chi connectivity index (χ1n) is 8.53. The Morgan fingerprint density at radius 1 is 1.04 bits per heavy atom. The molecule has 0 spiro atoms. The molecule has 2 aromatic carbocycles. The number of nitrogens with zero attached hydrogens (tertiary/aromatic N) is 5. The third-order valence-electron chi connectivity index (χ3n) is 4.56. The van der Waals surface area contributed by atoms with Gasteiger partial charge in [-0.25, -0.2) is 0 Å². The fourth-order valence-electron chi connectivity index (χ4n) is 3.11. The molecule has 0 saturated heterocycles. The van der Waals surface area contributed by atoms with Crippen LogP contribution < -0.4 is 10.5 Å². The predicted molar refractivity (Wildman–Crippen MR) is 107 cm³/mol. The zero-order valence-corrected chi connectivity index (χ0v) is 15.8. The quantitative estimate of drug-likeness (QED) is 0.544. The predicted octanol–water partition coefficient (Wildman–Crippen LogP) is 3.48. The average molecular weight is 380 g/mol. The molecule has 0 aliphatic rings. The molecule has 4 rings (SSSR count). The lowest BCUT2D eigenvalue weighted by Crippen LogP contribution is -2.23. The van der Waals surface area contributed by atoms with Crippen LogP contribution in [0.1, 0.15) is 11.1 Å². The van der Waals surface area contributed by atoms with Gasteiger partial charge in [0.05, 0.1) is 5.69 Å². The average Bonchev–Trinajstić information content (AvgIpc) is 3.11. The van der Waals surface area contributed by atoms with Gasteiger partial charge in [-0.2, -0.15) is 0 Å². The maximum absolute atomic E-state index is 13.0. The lowest BCUT2D eigenvalue weighted by Gasteiger charge is -2.17. The Morgan fingerprint density at radius 3 is 2.59 bits per heavy atom. The first-order chi connectivity index (χ1) is 13.1. The van der Waals surface area contributed by atoms with Gasteiger partial charge in [-0.15, -0.1) is 10.2 Å². The molecule has 0 radical (unpaired) electrons. The molecule has 4 aromatic rings. The molecule has 27 heavy (non-hydrogen) atoms. The Labute approximate surface area is 161 Å². The van der Waals surface area contributed by atoms with Gasteiger partial charge in [0.2, 0.25) is 11.6 Å². The minimum atomic E-state index is -0.241. The smallest absolute Gasteiger partial charge is 0.300 e. The third kappa shape index (κ3) is 3.08. The lowest BCUT2D eigenvalue weighted by molar-refractivity contribution is 0.850. The van der Waals surface area contributed by atoms with E-state index in [2.05, 4.69) is 22.3 Å². The largest absolute Gasteiger partial charge is 0.339 e. The van der Waals surface area contributed by atoms with Gasteiger partial charge in [0.1, 0.15) is 0 Å². The van der Waals surface area contributed by atoms with Crippen LogP contribution in [0, 0.1) is 6.92 Å². The summed E-state index contributed by atoms with van der Waals surface area (Å²) in [5.74, 6) is 0.612. The van der Waals surface area contributed by atoms with Crippen molar-refractivity contribution in [1.29, 1.82) is 0 Å². The second-order valence-electron chi connectivity index (χ2n) is 6.39. The second kappa shape index (κ2) is 6.89. The van der Waals surface area contributed by atoms with Gasteiger partial charge in [-0.3, -0.25) is 13.8 Å². The molecule has 6 nitrogen and oxygen atoms in total. The van der Waals surface area contributed by atoms with E-state index in [9.17, 15) is 4.79 Å². The van der Waals surface area contributed by atoms with Crippen molar-refractivity contribution in [3.05, 3.63) is 87.4 Å². The minimum absolute atomic E-state index is 0.241. The molecule has 7 heteroatoms. The van der Waals surface area contributed by atoms with Crippen LogP contribution in [0.3, 0.4) is 0 Å². The summed E-state index contributed by atoms with van der Waals surface area (Å²) in [6, 6.07) is 15.6. The number of halogens is 1. The summed E-state index contributed by atoms with van der Waals surface area (Å²) in [6.07, 6.45) is 3.52. The fraction of sp³-hybridized carbons (Fsp3) is 0.150. The highest BCUT2D eigenvalue weighted by atomic mass is 35.5. The number of hydrogen-bond donors (Lipinski definition) is 0. The molecule has 136 valence electrons. The Bertz CT molecular complexity index is 1170. The van der Waals surface area contributed by atoms with Gasteiger partial charge in [-0.05, 0) is 30.2 Å². The highest BCUT2D eigenvalue weighted by Gasteiger charge is 2.15. The van der Waals surface area contributed by atoms with Crippen LogP contribution in [0.25, 0.3) is 11.3 Å². The second-order valence-corrected chi connectivity index (χ2v) is 6.80. The van der Waals surface area contributed by atoms with Crippen LogP contribution in [0.15, 0.2) is 65.7 Å². The van der Waals surface area contributed by atoms with Crippen molar-refractivity contribution >= 4 is 23.2 Å². The van der Waals surface area contributed by atoms with Crippen molar-refractivity contribution in [3.8, 4) is 5.69 Å². The van der Waals surface area contributed by atoms with Gasteiger partial charge in [0.25, 0.3) is 0 Å². The maximum Gasteiger partial charge on any atom is 0.300 e. The number of anilines is 1. The van der Waals surface area contributed by atoms with Gasteiger partial charge >= 0.3 is 5.56 Å². The van der Waals surface area contributed by atoms with E-state index in [1.165, 1.54) is 0 Å². The van der Waals surface area contributed by atoms with Crippen molar-refractivity contribution < 1.29 is 0 Å². The topological polar surface area (TPSA) is 55.4 Å². The van der Waals surface area contributed by atoms with Crippen molar-refractivity contribution in [2.45, 2.75) is 13.5 Å². The summed E-state index contributed by atoms with van der Waals surface area (Å²) in [5, 5.41) is 8.97. The van der Waals surface area contributed by atoms with Gasteiger partial charge < -0.3 is 4.90 Å². The lowest BCUT2D eigenvalue weighted by atomic mass is 10.2. The van der Waals surface area contributed by atoms with Crippen LogP contribution in [-0.2, 0) is 6.54 Å². The van der Waals surface area contributed by atoms with Gasteiger partial charge in [0, 0.05) is 31.0 Å². The highest BCUT2D eigenvalue weighted by Crippen LogP contribution is 2.21.